The van der Waals surface area contributed by atoms with Crippen molar-refractivity contribution < 1.29 is 22.3 Å². The van der Waals surface area contributed by atoms with Crippen LogP contribution in [0.25, 0.3) is 0 Å². The van der Waals surface area contributed by atoms with Crippen LogP contribution in [-0.4, -0.2) is 44.4 Å². The molecule has 1 aromatic carbocycles. The van der Waals surface area contributed by atoms with Crippen molar-refractivity contribution in [3.8, 4) is 0 Å². The van der Waals surface area contributed by atoms with E-state index in [4.69, 9.17) is 10.5 Å². The van der Waals surface area contributed by atoms with Gasteiger partial charge in [-0.2, -0.15) is 4.31 Å². The molecule has 0 bridgehead atoms. The van der Waals surface area contributed by atoms with Gasteiger partial charge in [-0.15, -0.1) is 0 Å². The summed E-state index contributed by atoms with van der Waals surface area (Å²) in [7, 11) is -2.73. The minimum atomic E-state index is -4.15. The first-order chi connectivity index (χ1) is 9.77. The third kappa shape index (κ3) is 2.92. The van der Waals surface area contributed by atoms with Gasteiger partial charge in [-0.25, -0.2) is 12.8 Å². The second-order valence-corrected chi connectivity index (χ2v) is 6.88. The zero-order chi connectivity index (χ0) is 15.8. The number of hydrogen-bond donors (Lipinski definition) is 1. The van der Waals surface area contributed by atoms with Crippen molar-refractivity contribution in [2.24, 2.45) is 5.73 Å². The molecule has 0 radical (unpaired) electrons. The number of carbonyl (C=O) groups is 1. The highest BCUT2D eigenvalue weighted by atomic mass is 32.2. The molecular weight excluding hydrogens is 299 g/mol. The number of halogens is 1. The van der Waals surface area contributed by atoms with Gasteiger partial charge in [-0.3, -0.25) is 4.79 Å². The van der Waals surface area contributed by atoms with E-state index >= 15 is 0 Å². The average Bonchev–Trinajstić information content (AvgIpc) is 2.86. The first-order valence-electron chi connectivity index (χ1n) is 6.37. The van der Waals surface area contributed by atoms with Gasteiger partial charge in [-0.1, -0.05) is 6.07 Å². The normalized spacial score (nSPS) is 23.4. The van der Waals surface area contributed by atoms with Gasteiger partial charge in [0.05, 0.1) is 6.10 Å². The van der Waals surface area contributed by atoms with Crippen molar-refractivity contribution in [3.05, 3.63) is 29.6 Å². The maximum atomic E-state index is 13.9. The number of benzene rings is 1. The number of rotatable bonds is 4. The largest absolute Gasteiger partial charge is 0.380 e. The second kappa shape index (κ2) is 5.70. The van der Waals surface area contributed by atoms with Gasteiger partial charge in [0, 0.05) is 20.1 Å². The van der Waals surface area contributed by atoms with Crippen LogP contribution < -0.4 is 5.73 Å². The summed E-state index contributed by atoms with van der Waals surface area (Å²) in [6, 6.07) is 2.77. The van der Waals surface area contributed by atoms with E-state index in [9.17, 15) is 17.6 Å². The fourth-order valence-corrected chi connectivity index (χ4v) is 4.19. The molecule has 1 aromatic rings. The van der Waals surface area contributed by atoms with E-state index in [1.54, 1.807) is 6.92 Å². The highest BCUT2D eigenvalue weighted by molar-refractivity contribution is 7.89. The van der Waals surface area contributed by atoms with Gasteiger partial charge in [-0.05, 0) is 24.6 Å². The lowest BCUT2D eigenvalue weighted by Crippen LogP contribution is -2.43. The van der Waals surface area contributed by atoms with E-state index in [-0.39, 0.29) is 13.0 Å². The van der Waals surface area contributed by atoms with E-state index in [2.05, 4.69) is 0 Å². The lowest BCUT2D eigenvalue weighted by molar-refractivity contribution is -0.121. The van der Waals surface area contributed by atoms with Crippen LogP contribution in [-0.2, 0) is 19.6 Å². The van der Waals surface area contributed by atoms with Gasteiger partial charge in [0.15, 0.2) is 0 Å². The molecule has 0 spiro atoms. The monoisotopic (exact) mass is 316 g/mol. The molecule has 6 nitrogen and oxygen atoms in total. The van der Waals surface area contributed by atoms with Crippen LogP contribution in [0.3, 0.4) is 0 Å². The van der Waals surface area contributed by atoms with Gasteiger partial charge < -0.3 is 10.5 Å². The Morgan fingerprint density at radius 1 is 1.48 bits per heavy atom. The lowest BCUT2D eigenvalue weighted by Gasteiger charge is -2.21. The zero-order valence-electron chi connectivity index (χ0n) is 11.7. The number of nitrogens with two attached hydrogens (primary N) is 1. The molecule has 1 heterocycles. The number of ether oxygens (including phenoxy) is 1. The lowest BCUT2D eigenvalue weighted by atomic mass is 10.2. The van der Waals surface area contributed by atoms with Crippen molar-refractivity contribution in [2.45, 2.75) is 30.4 Å². The number of methoxy groups -OCH3 is 1. The van der Waals surface area contributed by atoms with E-state index < -0.39 is 38.8 Å². The standard InChI is InChI=1S/C13H17FN2O4S/c1-8-3-4-10(14)12(5-8)21(18,19)16-7-9(20-2)6-11(16)13(15)17/h3-5,9,11H,6-7H2,1-2H3,(H2,15,17)/t9-,11-/m0/s1. The van der Waals surface area contributed by atoms with Crippen LogP contribution in [0, 0.1) is 12.7 Å². The Balaban J connectivity index is 2.47. The van der Waals surface area contributed by atoms with E-state index in [0.717, 1.165) is 10.4 Å². The summed E-state index contributed by atoms with van der Waals surface area (Å²) in [4.78, 5) is 11.0. The Hall–Kier alpha value is -1.51. The van der Waals surface area contributed by atoms with E-state index in [0.29, 0.717) is 5.56 Å². The van der Waals surface area contributed by atoms with Crippen LogP contribution in [0.1, 0.15) is 12.0 Å². The number of aryl methyl sites for hydroxylation is 1. The van der Waals surface area contributed by atoms with Gasteiger partial charge >= 0.3 is 0 Å². The second-order valence-electron chi connectivity index (χ2n) is 5.02. The number of amides is 1. The third-order valence-corrected chi connectivity index (χ3v) is 5.44. The summed E-state index contributed by atoms with van der Waals surface area (Å²) in [5.74, 6) is -1.63. The molecule has 2 rings (SSSR count). The van der Waals surface area contributed by atoms with Crippen molar-refractivity contribution in [1.29, 1.82) is 0 Å². The fraction of sp³-hybridized carbons (Fsp3) is 0.462. The number of sulfonamides is 1. The van der Waals surface area contributed by atoms with Gasteiger partial charge in [0.25, 0.3) is 0 Å². The SMILES string of the molecule is CO[C@H]1C[C@@H](C(N)=O)N(S(=O)(=O)c2cc(C)ccc2F)C1. The number of nitrogens with zero attached hydrogens (tertiary/aromatic N) is 1. The Kier molecular flexibility index (Phi) is 4.31. The van der Waals surface area contributed by atoms with E-state index in [1.807, 2.05) is 0 Å². The Morgan fingerprint density at radius 2 is 2.14 bits per heavy atom. The molecule has 2 atom stereocenters. The minimum Gasteiger partial charge on any atom is -0.380 e. The molecule has 1 aliphatic heterocycles. The maximum Gasteiger partial charge on any atom is 0.246 e. The van der Waals surface area contributed by atoms with Crippen LogP contribution >= 0.6 is 0 Å². The molecule has 1 fully saturated rings. The zero-order valence-corrected chi connectivity index (χ0v) is 12.6. The smallest absolute Gasteiger partial charge is 0.246 e. The van der Waals surface area contributed by atoms with Crippen molar-refractivity contribution in [3.63, 3.8) is 0 Å². The topological polar surface area (TPSA) is 89.7 Å². The van der Waals surface area contributed by atoms with Crippen LogP contribution in [0.2, 0.25) is 0 Å². The average molecular weight is 316 g/mol. The summed E-state index contributed by atoms with van der Waals surface area (Å²) in [5, 5.41) is 0. The molecule has 116 valence electrons. The first kappa shape index (κ1) is 15.9. The van der Waals surface area contributed by atoms with Gasteiger partial charge in [0.1, 0.15) is 16.8 Å². The molecular formula is C13H17FN2O4S. The van der Waals surface area contributed by atoms with Crippen LogP contribution in [0.15, 0.2) is 23.1 Å². The molecule has 2 N–H and O–H groups in total. The van der Waals surface area contributed by atoms with E-state index in [1.165, 1.54) is 19.2 Å². The molecule has 0 aromatic heterocycles. The Bertz CT molecular complexity index is 662. The van der Waals surface area contributed by atoms with Crippen LogP contribution in [0.5, 0.6) is 0 Å². The molecule has 8 heteroatoms. The highest BCUT2D eigenvalue weighted by Crippen LogP contribution is 2.29. The first-order valence-corrected chi connectivity index (χ1v) is 7.81. The molecule has 1 aliphatic rings. The van der Waals surface area contributed by atoms with Crippen molar-refractivity contribution in [1.82, 2.24) is 4.31 Å². The molecule has 1 saturated heterocycles. The number of carbonyl (C=O) groups excluding carboxylic acids is 1. The predicted octanol–water partition coefficient (Wildman–Crippen LogP) is 0.397. The summed E-state index contributed by atoms with van der Waals surface area (Å²) >= 11 is 0. The number of hydrogen-bond acceptors (Lipinski definition) is 4. The summed E-state index contributed by atoms with van der Waals surface area (Å²) < 4.78 is 45.1. The van der Waals surface area contributed by atoms with Crippen molar-refractivity contribution >= 4 is 15.9 Å². The summed E-state index contributed by atoms with van der Waals surface area (Å²) in [6.45, 7) is 1.63. The molecule has 0 saturated carbocycles. The minimum absolute atomic E-state index is 0.0280. The number of primary amides is 1. The fourth-order valence-electron chi connectivity index (χ4n) is 2.40. The molecule has 21 heavy (non-hydrogen) atoms. The molecule has 0 aliphatic carbocycles. The van der Waals surface area contributed by atoms with Gasteiger partial charge in [0.2, 0.25) is 15.9 Å². The summed E-state index contributed by atoms with van der Waals surface area (Å²) in [5.41, 5.74) is 5.86. The summed E-state index contributed by atoms with van der Waals surface area (Å²) in [6.07, 6.45) is -0.275. The third-order valence-electron chi connectivity index (χ3n) is 3.55. The highest BCUT2D eigenvalue weighted by Gasteiger charge is 2.44. The Labute approximate surface area is 122 Å². The maximum absolute atomic E-state index is 13.9. The molecule has 0 unspecified atom stereocenters. The van der Waals surface area contributed by atoms with Crippen LogP contribution in [0.4, 0.5) is 4.39 Å². The Morgan fingerprint density at radius 3 is 2.71 bits per heavy atom. The molecule has 1 amide bonds. The van der Waals surface area contributed by atoms with Crippen molar-refractivity contribution in [2.75, 3.05) is 13.7 Å². The predicted molar refractivity (Wildman–Crippen MR) is 73.4 cm³/mol. The quantitative estimate of drug-likeness (QED) is 0.870.